The van der Waals surface area contributed by atoms with Crippen LogP contribution in [-0.4, -0.2) is 65.4 Å². The maximum Gasteiger partial charge on any atom is 0.410 e. The lowest BCUT2D eigenvalue weighted by Gasteiger charge is -2.37. The van der Waals surface area contributed by atoms with E-state index >= 15 is 0 Å². The number of hydrazone groups is 1. The molecule has 33 heavy (non-hydrogen) atoms. The summed E-state index contributed by atoms with van der Waals surface area (Å²) in [5, 5.41) is 8.98. The minimum absolute atomic E-state index is 0.297. The van der Waals surface area contributed by atoms with Crippen molar-refractivity contribution in [2.75, 3.05) is 36.4 Å². The van der Waals surface area contributed by atoms with Crippen molar-refractivity contribution in [3.63, 3.8) is 0 Å². The van der Waals surface area contributed by atoms with E-state index in [1.54, 1.807) is 28.9 Å². The number of carbonyl (C=O) groups is 2. The zero-order valence-electron chi connectivity index (χ0n) is 19.1. The van der Waals surface area contributed by atoms with Crippen LogP contribution in [0.1, 0.15) is 36.3 Å². The summed E-state index contributed by atoms with van der Waals surface area (Å²) in [5.41, 5.74) is 3.90. The van der Waals surface area contributed by atoms with Crippen molar-refractivity contribution in [3.05, 3.63) is 46.8 Å². The summed E-state index contributed by atoms with van der Waals surface area (Å²) in [6.07, 6.45) is 7.10. The second kappa shape index (κ2) is 10.9. The quantitative estimate of drug-likeness (QED) is 0.471. The second-order valence-electron chi connectivity index (χ2n) is 8.32. The van der Waals surface area contributed by atoms with Crippen LogP contribution in [0.25, 0.3) is 0 Å². The highest BCUT2D eigenvalue weighted by atomic mass is 32.1. The Morgan fingerprint density at radius 2 is 2.06 bits per heavy atom. The molecule has 1 fully saturated rings. The molecule has 11 heteroatoms. The molecule has 10 nitrogen and oxygen atoms in total. The lowest BCUT2D eigenvalue weighted by Crippen LogP contribution is -2.50. The number of nitrogens with one attached hydrogen (secondary N) is 2. The van der Waals surface area contributed by atoms with Gasteiger partial charge in [0.05, 0.1) is 22.6 Å². The van der Waals surface area contributed by atoms with Gasteiger partial charge < -0.3 is 19.9 Å². The molecule has 2 aromatic rings. The number of aromatic nitrogens is 2. The Morgan fingerprint density at radius 1 is 1.30 bits per heavy atom. The molecule has 0 saturated carbocycles. The fourth-order valence-electron chi connectivity index (χ4n) is 3.18. The number of rotatable bonds is 7. The van der Waals surface area contributed by atoms with E-state index < -0.39 is 5.60 Å². The third kappa shape index (κ3) is 7.01. The number of carbonyl (C=O) groups excluding carboxylic acids is 2. The number of ether oxygens (including phenoxy) is 1. The van der Waals surface area contributed by atoms with Gasteiger partial charge in [-0.15, -0.1) is 11.3 Å². The number of thiazole rings is 1. The van der Waals surface area contributed by atoms with E-state index in [0.29, 0.717) is 44.0 Å². The normalized spacial score (nSPS) is 14.3. The van der Waals surface area contributed by atoms with Crippen LogP contribution in [0.5, 0.6) is 0 Å². The van der Waals surface area contributed by atoms with Gasteiger partial charge in [0.25, 0.3) is 5.91 Å². The van der Waals surface area contributed by atoms with Crippen LogP contribution < -0.4 is 15.6 Å². The largest absolute Gasteiger partial charge is 0.444 e. The molecule has 2 amide bonds. The van der Waals surface area contributed by atoms with Gasteiger partial charge in [-0.25, -0.2) is 9.78 Å². The van der Waals surface area contributed by atoms with Crippen molar-refractivity contribution in [3.8, 4) is 0 Å². The van der Waals surface area contributed by atoms with Gasteiger partial charge in [-0.05, 0) is 26.8 Å². The molecule has 0 aromatic carbocycles. The molecule has 1 aliphatic heterocycles. The number of hydrogen-bond acceptors (Lipinski definition) is 9. The molecule has 0 bridgehead atoms. The van der Waals surface area contributed by atoms with Gasteiger partial charge in [0.15, 0.2) is 0 Å². The molecule has 3 heterocycles. The Morgan fingerprint density at radius 3 is 2.76 bits per heavy atom. The second-order valence-corrected chi connectivity index (χ2v) is 9.26. The summed E-state index contributed by atoms with van der Waals surface area (Å²) in [6.45, 7) is 11.2. The van der Waals surface area contributed by atoms with Crippen molar-refractivity contribution in [2.24, 2.45) is 5.10 Å². The minimum atomic E-state index is -0.525. The predicted octanol–water partition coefficient (Wildman–Crippen LogP) is 3.11. The van der Waals surface area contributed by atoms with Crippen LogP contribution in [0, 0.1) is 0 Å². The van der Waals surface area contributed by atoms with E-state index in [1.165, 1.54) is 11.3 Å². The first kappa shape index (κ1) is 24.2. The Bertz CT molecular complexity index is 1010. The molecular weight excluding hydrogens is 442 g/mol. The topological polar surface area (TPSA) is 112 Å². The van der Waals surface area contributed by atoms with E-state index in [0.717, 1.165) is 10.7 Å². The van der Waals surface area contributed by atoms with Gasteiger partial charge in [-0.1, -0.05) is 6.08 Å². The van der Waals surface area contributed by atoms with Crippen molar-refractivity contribution < 1.29 is 14.3 Å². The van der Waals surface area contributed by atoms with Crippen LogP contribution >= 0.6 is 11.3 Å². The Kier molecular flexibility index (Phi) is 7.99. The zero-order chi connectivity index (χ0) is 23.8. The molecule has 176 valence electrons. The minimum Gasteiger partial charge on any atom is -0.444 e. The van der Waals surface area contributed by atoms with Crippen molar-refractivity contribution in [1.82, 2.24) is 20.3 Å². The first-order valence-electron chi connectivity index (χ1n) is 10.6. The highest BCUT2D eigenvalue weighted by molar-refractivity contribution is 7.09. The average Bonchev–Trinajstić information content (AvgIpc) is 3.25. The predicted molar refractivity (Wildman–Crippen MR) is 130 cm³/mol. The van der Waals surface area contributed by atoms with Gasteiger partial charge in [0, 0.05) is 57.1 Å². The first-order chi connectivity index (χ1) is 15.8. The van der Waals surface area contributed by atoms with Crippen LogP contribution in [-0.2, 0) is 11.2 Å². The van der Waals surface area contributed by atoms with Gasteiger partial charge in [-0.2, -0.15) is 5.10 Å². The third-order valence-corrected chi connectivity index (χ3v) is 5.55. The van der Waals surface area contributed by atoms with Crippen LogP contribution in [0.3, 0.4) is 0 Å². The highest BCUT2D eigenvalue weighted by Gasteiger charge is 2.27. The first-order valence-corrected chi connectivity index (χ1v) is 11.4. The summed E-state index contributed by atoms with van der Waals surface area (Å²) in [4.78, 5) is 37.5. The summed E-state index contributed by atoms with van der Waals surface area (Å²) in [7, 11) is 0. The summed E-state index contributed by atoms with van der Waals surface area (Å²) < 4.78 is 5.46. The fraction of sp³-hybridized carbons (Fsp3) is 0.409. The molecular formula is C22H29N7O3S. The summed E-state index contributed by atoms with van der Waals surface area (Å²) in [5.74, 6) is -0.297. The third-order valence-electron chi connectivity index (χ3n) is 4.68. The molecule has 0 spiro atoms. The van der Waals surface area contributed by atoms with E-state index in [4.69, 9.17) is 4.74 Å². The van der Waals surface area contributed by atoms with Crippen LogP contribution in [0.2, 0.25) is 0 Å². The molecule has 1 saturated heterocycles. The summed E-state index contributed by atoms with van der Waals surface area (Å²) in [6, 6.07) is 1.86. The number of allylic oxidation sites excluding steroid dienone is 1. The highest BCUT2D eigenvalue weighted by Crippen LogP contribution is 2.27. The lowest BCUT2D eigenvalue weighted by molar-refractivity contribution is 0.0240. The molecule has 0 unspecified atom stereocenters. The van der Waals surface area contributed by atoms with Crippen molar-refractivity contribution in [2.45, 2.75) is 32.8 Å². The van der Waals surface area contributed by atoms with Crippen molar-refractivity contribution in [1.29, 1.82) is 0 Å². The number of nitrogens with zero attached hydrogens (tertiary/aromatic N) is 5. The molecule has 1 aliphatic rings. The summed E-state index contributed by atoms with van der Waals surface area (Å²) >= 11 is 1.41. The number of piperazine rings is 1. The number of hydrogen-bond donors (Lipinski definition) is 2. The molecule has 3 rings (SSSR count). The van der Waals surface area contributed by atoms with Gasteiger partial charge >= 0.3 is 6.09 Å². The van der Waals surface area contributed by atoms with E-state index in [2.05, 4.69) is 37.4 Å². The van der Waals surface area contributed by atoms with Crippen molar-refractivity contribution >= 4 is 41.4 Å². The van der Waals surface area contributed by atoms with E-state index in [-0.39, 0.29) is 12.0 Å². The maximum atomic E-state index is 12.8. The number of pyridine rings is 1. The van der Waals surface area contributed by atoms with Gasteiger partial charge in [-0.3, -0.25) is 15.2 Å². The Hall–Kier alpha value is -3.47. The maximum absolute atomic E-state index is 12.8. The van der Waals surface area contributed by atoms with Gasteiger partial charge in [0.2, 0.25) is 0 Å². The molecule has 0 atom stereocenters. The molecule has 2 N–H and O–H groups in total. The number of anilines is 2. The van der Waals surface area contributed by atoms with E-state index in [9.17, 15) is 9.59 Å². The number of amides is 2. The fourth-order valence-corrected chi connectivity index (χ4v) is 3.93. The van der Waals surface area contributed by atoms with Crippen LogP contribution in [0.4, 0.5) is 16.2 Å². The molecule has 0 radical (unpaired) electrons. The zero-order valence-corrected chi connectivity index (χ0v) is 19.9. The molecule has 2 aromatic heterocycles. The lowest BCUT2D eigenvalue weighted by atomic mass is 10.2. The molecule has 0 aliphatic carbocycles. The standard InChI is InChI=1S/C22H29N7O3S/c1-22(2,3)32-21(31)29-12-10-28(11-13-29)18-7-9-24-14-16(18)27-20(30)17-15-33-19(26-17)6-5-8-25-23-4/h5,7-9,14-15,25H,4,6,10-13H2,1-3H3,(H,27,30)/b8-5-. The van der Waals surface area contributed by atoms with E-state index in [1.807, 2.05) is 32.9 Å². The monoisotopic (exact) mass is 471 g/mol. The Balaban J connectivity index is 1.61. The Labute approximate surface area is 197 Å². The average molecular weight is 472 g/mol. The smallest absolute Gasteiger partial charge is 0.410 e. The SMILES string of the molecule is C=NN/C=C\Cc1nc(C(=O)Nc2cnccc2N2CCN(C(=O)OC(C)(C)C)CC2)cs1. The van der Waals surface area contributed by atoms with Crippen LogP contribution in [0.15, 0.2) is 41.2 Å². The van der Waals surface area contributed by atoms with Gasteiger partial charge in [0.1, 0.15) is 11.3 Å².